The Kier molecular flexibility index (Phi) is 5.58. The van der Waals surface area contributed by atoms with Crippen LogP contribution in [0.25, 0.3) is 0 Å². The van der Waals surface area contributed by atoms with Crippen molar-refractivity contribution in [1.29, 1.82) is 0 Å². The van der Waals surface area contributed by atoms with Gasteiger partial charge in [0.1, 0.15) is 0 Å². The molecule has 4 nitrogen and oxygen atoms in total. The van der Waals surface area contributed by atoms with Crippen LogP contribution in [0, 0.1) is 5.41 Å². The summed E-state index contributed by atoms with van der Waals surface area (Å²) in [4.78, 5) is 26.0. The van der Waals surface area contributed by atoms with E-state index in [2.05, 4.69) is 5.32 Å². The Labute approximate surface area is 132 Å². The highest BCUT2D eigenvalue weighted by Crippen LogP contribution is 2.44. The second-order valence-corrected chi connectivity index (χ2v) is 6.61. The molecule has 0 saturated heterocycles. The van der Waals surface area contributed by atoms with Crippen LogP contribution < -0.4 is 5.32 Å². The molecule has 1 N–H and O–H groups in total. The average Bonchev–Trinajstić information content (AvgIpc) is 2.94. The van der Waals surface area contributed by atoms with Gasteiger partial charge >= 0.3 is 0 Å². The SMILES string of the molecule is CN(C)C(=O)CC1(CC(=O)NCc2ccccc2)CCCC1. The van der Waals surface area contributed by atoms with Gasteiger partial charge in [-0.05, 0) is 23.8 Å². The fourth-order valence-corrected chi connectivity index (χ4v) is 3.22. The van der Waals surface area contributed by atoms with Gasteiger partial charge in [-0.2, -0.15) is 0 Å². The molecule has 1 fully saturated rings. The maximum Gasteiger partial charge on any atom is 0.222 e. The summed E-state index contributed by atoms with van der Waals surface area (Å²) in [7, 11) is 3.56. The number of carbonyl (C=O) groups excluding carboxylic acids is 2. The molecular weight excluding hydrogens is 276 g/mol. The summed E-state index contributed by atoms with van der Waals surface area (Å²) < 4.78 is 0. The van der Waals surface area contributed by atoms with Gasteiger partial charge in [-0.1, -0.05) is 43.2 Å². The highest BCUT2D eigenvalue weighted by atomic mass is 16.2. The topological polar surface area (TPSA) is 49.4 Å². The number of hydrogen-bond acceptors (Lipinski definition) is 2. The minimum absolute atomic E-state index is 0.0531. The summed E-state index contributed by atoms with van der Waals surface area (Å²) in [6, 6.07) is 9.90. The summed E-state index contributed by atoms with van der Waals surface area (Å²) in [5.74, 6) is 0.176. The summed E-state index contributed by atoms with van der Waals surface area (Å²) in [5.41, 5.74) is 0.961. The van der Waals surface area contributed by atoms with Gasteiger partial charge in [0.25, 0.3) is 0 Å². The molecule has 1 aliphatic rings. The van der Waals surface area contributed by atoms with Crippen molar-refractivity contribution in [3.63, 3.8) is 0 Å². The zero-order valence-corrected chi connectivity index (χ0v) is 13.6. The first-order valence-corrected chi connectivity index (χ1v) is 8.02. The summed E-state index contributed by atoms with van der Waals surface area (Å²) >= 11 is 0. The van der Waals surface area contributed by atoms with Gasteiger partial charge in [-0.3, -0.25) is 9.59 Å². The van der Waals surface area contributed by atoms with Gasteiger partial charge in [-0.15, -0.1) is 0 Å². The van der Waals surface area contributed by atoms with Crippen LogP contribution >= 0.6 is 0 Å². The van der Waals surface area contributed by atoms with Crippen molar-refractivity contribution >= 4 is 11.8 Å². The largest absolute Gasteiger partial charge is 0.352 e. The molecule has 0 aromatic heterocycles. The van der Waals surface area contributed by atoms with E-state index in [9.17, 15) is 9.59 Å². The monoisotopic (exact) mass is 302 g/mol. The van der Waals surface area contributed by atoms with Crippen LogP contribution in [0.15, 0.2) is 30.3 Å². The van der Waals surface area contributed by atoms with E-state index in [-0.39, 0.29) is 17.2 Å². The normalized spacial score (nSPS) is 16.3. The van der Waals surface area contributed by atoms with Crippen molar-refractivity contribution in [3.05, 3.63) is 35.9 Å². The lowest BCUT2D eigenvalue weighted by Gasteiger charge is -2.29. The van der Waals surface area contributed by atoms with Crippen molar-refractivity contribution in [2.24, 2.45) is 5.41 Å². The van der Waals surface area contributed by atoms with E-state index in [1.54, 1.807) is 19.0 Å². The maximum absolute atomic E-state index is 12.3. The lowest BCUT2D eigenvalue weighted by Crippen LogP contribution is -2.34. The van der Waals surface area contributed by atoms with E-state index in [0.29, 0.717) is 19.4 Å². The molecule has 1 aromatic rings. The third kappa shape index (κ3) is 4.58. The van der Waals surface area contributed by atoms with Crippen molar-refractivity contribution in [2.75, 3.05) is 14.1 Å². The van der Waals surface area contributed by atoms with Gasteiger partial charge < -0.3 is 10.2 Å². The zero-order chi connectivity index (χ0) is 16.0. The Bertz CT molecular complexity index is 505. The first kappa shape index (κ1) is 16.5. The smallest absolute Gasteiger partial charge is 0.222 e. The molecule has 2 rings (SSSR count). The Hall–Kier alpha value is -1.84. The predicted octanol–water partition coefficient (Wildman–Crippen LogP) is 2.73. The van der Waals surface area contributed by atoms with Crippen molar-refractivity contribution < 1.29 is 9.59 Å². The zero-order valence-electron chi connectivity index (χ0n) is 13.6. The van der Waals surface area contributed by atoms with Crippen LogP contribution in [-0.2, 0) is 16.1 Å². The molecule has 0 radical (unpaired) electrons. The Morgan fingerprint density at radius 3 is 2.32 bits per heavy atom. The Morgan fingerprint density at radius 2 is 1.73 bits per heavy atom. The number of benzene rings is 1. The molecule has 22 heavy (non-hydrogen) atoms. The highest BCUT2D eigenvalue weighted by molar-refractivity contribution is 5.80. The molecule has 0 atom stereocenters. The summed E-state index contributed by atoms with van der Waals surface area (Å²) in [6.45, 7) is 0.553. The summed E-state index contributed by atoms with van der Waals surface area (Å²) in [6.07, 6.45) is 5.13. The van der Waals surface area contributed by atoms with Crippen molar-refractivity contribution in [1.82, 2.24) is 10.2 Å². The lowest BCUT2D eigenvalue weighted by atomic mass is 9.78. The minimum Gasteiger partial charge on any atom is -0.352 e. The summed E-state index contributed by atoms with van der Waals surface area (Å²) in [5, 5.41) is 2.99. The van der Waals surface area contributed by atoms with Crippen LogP contribution in [-0.4, -0.2) is 30.8 Å². The van der Waals surface area contributed by atoms with Crippen LogP contribution in [0.1, 0.15) is 44.1 Å². The number of amides is 2. The number of hydrogen-bond donors (Lipinski definition) is 1. The Balaban J connectivity index is 1.90. The number of rotatable bonds is 6. The van der Waals surface area contributed by atoms with Crippen LogP contribution in [0.5, 0.6) is 0 Å². The van der Waals surface area contributed by atoms with Gasteiger partial charge in [0, 0.05) is 33.5 Å². The van der Waals surface area contributed by atoms with Gasteiger partial charge in [-0.25, -0.2) is 0 Å². The van der Waals surface area contributed by atoms with Crippen LogP contribution in [0.3, 0.4) is 0 Å². The predicted molar refractivity (Wildman–Crippen MR) is 87.1 cm³/mol. The quantitative estimate of drug-likeness (QED) is 0.878. The third-order valence-corrected chi connectivity index (χ3v) is 4.56. The first-order valence-electron chi connectivity index (χ1n) is 8.02. The second-order valence-electron chi connectivity index (χ2n) is 6.61. The molecule has 4 heteroatoms. The van der Waals surface area contributed by atoms with Gasteiger partial charge in [0.2, 0.25) is 11.8 Å². The van der Waals surface area contributed by atoms with Crippen molar-refractivity contribution in [2.45, 2.75) is 45.1 Å². The molecule has 120 valence electrons. The molecule has 0 spiro atoms. The Morgan fingerprint density at radius 1 is 1.09 bits per heavy atom. The van der Waals surface area contributed by atoms with Crippen LogP contribution in [0.4, 0.5) is 0 Å². The number of carbonyl (C=O) groups is 2. The fourth-order valence-electron chi connectivity index (χ4n) is 3.22. The van der Waals surface area contributed by atoms with Crippen LogP contribution in [0.2, 0.25) is 0 Å². The molecule has 1 aromatic carbocycles. The highest BCUT2D eigenvalue weighted by Gasteiger charge is 2.38. The van der Waals surface area contributed by atoms with E-state index in [1.165, 1.54) is 0 Å². The molecular formula is C18H26N2O2. The number of nitrogens with zero attached hydrogens (tertiary/aromatic N) is 1. The number of nitrogens with one attached hydrogen (secondary N) is 1. The molecule has 1 saturated carbocycles. The fraction of sp³-hybridized carbons (Fsp3) is 0.556. The van der Waals surface area contributed by atoms with E-state index in [1.807, 2.05) is 30.3 Å². The molecule has 0 aliphatic heterocycles. The van der Waals surface area contributed by atoms with Gasteiger partial charge in [0.15, 0.2) is 0 Å². The minimum atomic E-state index is -0.137. The molecule has 0 heterocycles. The third-order valence-electron chi connectivity index (χ3n) is 4.56. The van der Waals surface area contributed by atoms with E-state index in [0.717, 1.165) is 31.2 Å². The van der Waals surface area contributed by atoms with Crippen molar-refractivity contribution in [3.8, 4) is 0 Å². The molecule has 1 aliphatic carbocycles. The molecule has 0 unspecified atom stereocenters. The molecule has 0 bridgehead atoms. The van der Waals surface area contributed by atoms with E-state index in [4.69, 9.17) is 0 Å². The first-order chi connectivity index (χ1) is 10.5. The maximum atomic E-state index is 12.3. The van der Waals surface area contributed by atoms with Gasteiger partial charge in [0.05, 0.1) is 0 Å². The molecule has 2 amide bonds. The average molecular weight is 302 g/mol. The standard InChI is InChI=1S/C18H26N2O2/c1-20(2)17(22)13-18(10-6-7-11-18)12-16(21)19-14-15-8-4-3-5-9-15/h3-5,8-9H,6-7,10-14H2,1-2H3,(H,19,21). The van der Waals surface area contributed by atoms with E-state index < -0.39 is 0 Å². The second kappa shape index (κ2) is 7.43. The van der Waals surface area contributed by atoms with E-state index >= 15 is 0 Å². The lowest BCUT2D eigenvalue weighted by molar-refractivity contribution is -0.132.